The molecule has 0 saturated carbocycles. The molecule has 59 heavy (non-hydrogen) atoms. The molecule has 1 atom stereocenters. The molecule has 1 aromatic carbocycles. The molecule has 3 aliphatic rings. The average molecular weight is 809 g/mol. The van der Waals surface area contributed by atoms with E-state index < -0.39 is 24.3 Å². The van der Waals surface area contributed by atoms with Crippen LogP contribution in [0.4, 0.5) is 30.4 Å². The number of piperidine rings is 3. The van der Waals surface area contributed by atoms with Crippen molar-refractivity contribution in [3.8, 4) is 17.3 Å². The number of nitriles is 1. The normalized spacial score (nSPS) is 20.3. The maximum absolute atomic E-state index is 15.6. The molecule has 4 aromatic rings. The van der Waals surface area contributed by atoms with Crippen molar-refractivity contribution in [2.24, 2.45) is 16.1 Å². The van der Waals surface area contributed by atoms with E-state index in [9.17, 15) is 9.65 Å². The molecule has 3 aromatic heterocycles. The number of aromatic nitrogens is 4. The Labute approximate surface area is 344 Å². The summed E-state index contributed by atoms with van der Waals surface area (Å²) in [7, 11) is 0. The van der Waals surface area contributed by atoms with Gasteiger partial charge >= 0.3 is 0 Å². The number of pyridine rings is 1. The minimum absolute atomic E-state index is 0.0732. The van der Waals surface area contributed by atoms with Gasteiger partial charge in [-0.05, 0) is 75.3 Å². The van der Waals surface area contributed by atoms with E-state index in [0.717, 1.165) is 68.8 Å². The van der Waals surface area contributed by atoms with Gasteiger partial charge < -0.3 is 26.6 Å². The first-order valence-corrected chi connectivity index (χ1v) is 20.8. The molecule has 0 aliphatic carbocycles. The van der Waals surface area contributed by atoms with Gasteiger partial charge in [-0.25, -0.2) is 27.7 Å². The zero-order chi connectivity index (χ0) is 41.7. The highest BCUT2D eigenvalue weighted by molar-refractivity contribution is 6.09. The molecular weight excluding hydrogens is 754 g/mol. The molecule has 0 spiro atoms. The Hall–Kier alpha value is -5.62. The van der Waals surface area contributed by atoms with Crippen molar-refractivity contribution in [1.29, 1.82) is 5.26 Å². The number of benzene rings is 1. The van der Waals surface area contributed by atoms with Crippen LogP contribution in [0, 0.1) is 22.6 Å². The second-order valence-electron chi connectivity index (χ2n) is 16.1. The first-order valence-electron chi connectivity index (χ1n) is 20.8. The Morgan fingerprint density at radius 2 is 1.85 bits per heavy atom. The number of nitrogen functional groups attached to an aromatic ring is 1. The van der Waals surface area contributed by atoms with Crippen LogP contribution in [0.1, 0.15) is 76.5 Å². The number of hydrogen-bond acceptors (Lipinski definition) is 11. The minimum atomic E-state index is -3.02. The van der Waals surface area contributed by atoms with Gasteiger partial charge in [0, 0.05) is 85.8 Å². The van der Waals surface area contributed by atoms with Gasteiger partial charge in [0.25, 0.3) is 5.92 Å². The van der Waals surface area contributed by atoms with Crippen LogP contribution in [0.5, 0.6) is 0 Å². The smallest absolute Gasteiger partial charge is 0.280 e. The molecule has 0 bridgehead atoms. The second-order valence-corrected chi connectivity index (χ2v) is 16.1. The fourth-order valence-electron chi connectivity index (χ4n) is 8.88. The molecule has 5 N–H and O–H groups in total. The largest absolute Gasteiger partial charge is 0.404 e. The lowest BCUT2D eigenvalue weighted by Gasteiger charge is -2.46. The maximum atomic E-state index is 15.6. The first-order chi connectivity index (χ1) is 28.5. The van der Waals surface area contributed by atoms with Gasteiger partial charge in [-0.1, -0.05) is 26.8 Å². The number of likely N-dealkylation sites (tertiary alicyclic amines) is 1. The van der Waals surface area contributed by atoms with Gasteiger partial charge in [0.15, 0.2) is 0 Å². The first kappa shape index (κ1) is 41.5. The average Bonchev–Trinajstić information content (AvgIpc) is 3.67. The molecule has 6 heterocycles. The summed E-state index contributed by atoms with van der Waals surface area (Å²) in [6.07, 6.45) is 14.9. The Morgan fingerprint density at radius 3 is 2.49 bits per heavy atom. The molecule has 3 fully saturated rings. The van der Waals surface area contributed by atoms with Crippen molar-refractivity contribution in [1.82, 2.24) is 29.8 Å². The summed E-state index contributed by atoms with van der Waals surface area (Å²) >= 11 is 0. The van der Waals surface area contributed by atoms with Crippen molar-refractivity contribution in [3.63, 3.8) is 0 Å². The number of unbranched alkanes of at least 4 members (excludes halogenated alkanes) is 1. The van der Waals surface area contributed by atoms with Crippen molar-refractivity contribution < 1.29 is 13.2 Å². The summed E-state index contributed by atoms with van der Waals surface area (Å²) < 4.78 is 47.3. The highest BCUT2D eigenvalue weighted by atomic mass is 19.3. The highest BCUT2D eigenvalue weighted by Crippen LogP contribution is 2.41. The predicted octanol–water partition coefficient (Wildman–Crippen LogP) is 7.03. The zero-order valence-electron chi connectivity index (χ0n) is 34.1. The van der Waals surface area contributed by atoms with Gasteiger partial charge in [0.1, 0.15) is 28.8 Å². The predicted molar refractivity (Wildman–Crippen MR) is 229 cm³/mol. The topological polar surface area (TPSA) is 153 Å². The molecule has 15 heteroatoms. The fourth-order valence-corrected chi connectivity index (χ4v) is 8.88. The Bertz CT molecular complexity index is 2210. The number of allylic oxidation sites excluding steroid dienone is 2. The summed E-state index contributed by atoms with van der Waals surface area (Å²) in [6, 6.07) is 9.35. The standard InChI is InChI=1S/C44H55F3N12/c1-4-6-16-51-30(3)43(5-2)14-20-57(21-15-43)40-10-7-31(25-53-40)41-42-33(24-49)27-54-59(42)28-37(55-41)32(23-48)26-52-35-11-17-56(18-12-35)39-13-19-58(29-44(39,46)47)38-9-8-34(50)22-36(38)45/h7-10,22-23,25-28,35,39,51H,3-6,11-21,29,48,50H2,1-2H3/b32-23+,52-26?. The van der Waals surface area contributed by atoms with Crippen LogP contribution >= 0.6 is 0 Å². The minimum Gasteiger partial charge on any atom is -0.404 e. The molecule has 3 saturated heterocycles. The molecule has 0 amide bonds. The van der Waals surface area contributed by atoms with Crippen LogP contribution in [0.3, 0.4) is 0 Å². The SMILES string of the molecule is C=C(NCCCC)C1(CC)CCN(c2ccc(-c3nc(/C(C=NC4CCN(C5CCN(c6ccc(N)cc6F)CC5(F)F)CC4)=C/N)cn4ncc(C#N)c34)cn2)CC1. The van der Waals surface area contributed by atoms with Gasteiger partial charge in [0.2, 0.25) is 0 Å². The third-order valence-electron chi connectivity index (χ3n) is 12.6. The van der Waals surface area contributed by atoms with Gasteiger partial charge in [-0.3, -0.25) is 9.89 Å². The van der Waals surface area contributed by atoms with E-state index in [4.69, 9.17) is 26.4 Å². The number of hydrogen-bond donors (Lipinski definition) is 3. The molecule has 12 nitrogen and oxygen atoms in total. The van der Waals surface area contributed by atoms with Crippen LogP contribution < -0.4 is 26.6 Å². The number of nitrogens with zero attached hydrogens (tertiary/aromatic N) is 9. The number of anilines is 3. The van der Waals surface area contributed by atoms with E-state index in [1.165, 1.54) is 35.5 Å². The van der Waals surface area contributed by atoms with Gasteiger partial charge in [0.05, 0.1) is 48.1 Å². The monoisotopic (exact) mass is 808 g/mol. The van der Waals surface area contributed by atoms with Gasteiger partial charge in [-0.2, -0.15) is 10.4 Å². The van der Waals surface area contributed by atoms with Crippen LogP contribution in [-0.2, 0) is 0 Å². The van der Waals surface area contributed by atoms with Crippen LogP contribution in [0.15, 0.2) is 72.4 Å². The number of rotatable bonds is 13. The van der Waals surface area contributed by atoms with Crippen molar-refractivity contribution in [3.05, 3.63) is 84.5 Å². The molecular formula is C44H55F3N12. The van der Waals surface area contributed by atoms with E-state index in [1.807, 2.05) is 17.0 Å². The number of aliphatic imine (C=N–C) groups is 1. The third-order valence-corrected chi connectivity index (χ3v) is 12.6. The summed E-state index contributed by atoms with van der Waals surface area (Å²) in [5, 5.41) is 18.0. The Balaban J connectivity index is 1.01. The van der Waals surface area contributed by atoms with E-state index in [1.54, 1.807) is 23.1 Å². The van der Waals surface area contributed by atoms with E-state index >= 15 is 8.78 Å². The lowest BCUT2D eigenvalue weighted by molar-refractivity contribution is -0.0929. The number of fused-ring (bicyclic) bond motifs is 1. The molecule has 312 valence electrons. The quantitative estimate of drug-likeness (QED) is 0.0729. The van der Waals surface area contributed by atoms with E-state index in [0.29, 0.717) is 60.5 Å². The van der Waals surface area contributed by atoms with Crippen molar-refractivity contribution in [2.45, 2.75) is 83.2 Å². The second kappa shape index (κ2) is 17.7. The highest BCUT2D eigenvalue weighted by Gasteiger charge is 2.48. The molecule has 7 rings (SSSR count). The van der Waals surface area contributed by atoms with Crippen LogP contribution in [-0.4, -0.2) is 94.5 Å². The number of halogens is 3. The zero-order valence-corrected chi connectivity index (χ0v) is 34.1. The fraction of sp³-hybridized carbons (Fsp3) is 0.477. The summed E-state index contributed by atoms with van der Waals surface area (Å²) in [5.41, 5.74) is 16.7. The Kier molecular flexibility index (Phi) is 12.5. The summed E-state index contributed by atoms with van der Waals surface area (Å²) in [5.74, 6) is -2.74. The number of nitrogens with two attached hydrogens (primary N) is 2. The number of nitrogens with one attached hydrogen (secondary N) is 1. The number of alkyl halides is 2. The molecule has 1 unspecified atom stereocenters. The lowest BCUT2D eigenvalue weighted by atomic mass is 9.73. The third kappa shape index (κ3) is 8.73. The maximum Gasteiger partial charge on any atom is 0.280 e. The summed E-state index contributed by atoms with van der Waals surface area (Å²) in [4.78, 5) is 20.3. The van der Waals surface area contributed by atoms with Crippen molar-refractivity contribution in [2.75, 3.05) is 61.3 Å². The van der Waals surface area contributed by atoms with Gasteiger partial charge in [-0.15, -0.1) is 0 Å². The van der Waals surface area contributed by atoms with E-state index in [2.05, 4.69) is 41.8 Å². The summed E-state index contributed by atoms with van der Waals surface area (Å²) in [6.45, 7) is 12.3. The lowest BCUT2D eigenvalue weighted by Crippen LogP contribution is -2.60. The van der Waals surface area contributed by atoms with Crippen molar-refractivity contribution >= 4 is 34.5 Å². The Morgan fingerprint density at radius 1 is 1.07 bits per heavy atom. The molecule has 3 aliphatic heterocycles. The van der Waals surface area contributed by atoms with E-state index in [-0.39, 0.29) is 29.3 Å². The van der Waals surface area contributed by atoms with Crippen LogP contribution in [0.25, 0.3) is 22.3 Å². The van der Waals surface area contributed by atoms with Crippen LogP contribution in [0.2, 0.25) is 0 Å². The molecule has 0 radical (unpaired) electrons.